The topological polar surface area (TPSA) is 51.2 Å². The first-order valence-corrected chi connectivity index (χ1v) is 13.0. The number of hydrogen-bond acceptors (Lipinski definition) is 4. The Morgan fingerprint density at radius 2 is 0.677 bits per heavy atom. The van der Waals surface area contributed by atoms with Gasteiger partial charge in [-0.05, 0) is 52.4 Å². The minimum Gasteiger partial charge on any atom is -0.299 e. The van der Waals surface area contributed by atoms with Gasteiger partial charge in [-0.1, -0.05) is 95.3 Å². The molecule has 0 atom stereocenters. The van der Waals surface area contributed by atoms with Gasteiger partial charge in [0.1, 0.15) is 5.78 Å². The molecule has 0 aliphatic carbocycles. The predicted molar refractivity (Wildman–Crippen MR) is 144 cm³/mol. The Morgan fingerprint density at radius 1 is 0.484 bits per heavy atom. The molecule has 5 heteroatoms. The van der Waals surface area contributed by atoms with E-state index in [1.165, 1.54) is 0 Å². The zero-order valence-electron chi connectivity index (χ0n) is 24.0. The van der Waals surface area contributed by atoms with Crippen LogP contribution in [0.25, 0.3) is 0 Å². The molecule has 0 rings (SSSR count). The molecule has 31 heavy (non-hydrogen) atoms. The van der Waals surface area contributed by atoms with Gasteiger partial charge in [-0.3, -0.25) is 4.79 Å². The number of carbonyl (C=O) groups excluding carboxylic acids is 1. The summed E-state index contributed by atoms with van der Waals surface area (Å²) in [6.07, 6.45) is 0. The fourth-order valence-corrected chi connectivity index (χ4v) is 5.01. The molecule has 0 saturated heterocycles. The molecule has 188 valence electrons. The maximum absolute atomic E-state index is 11.7. The molecule has 0 fully saturated rings. The van der Waals surface area contributed by atoms with Gasteiger partial charge in [0.2, 0.25) is 0 Å². The summed E-state index contributed by atoms with van der Waals surface area (Å²) >= 11 is 5.33. The largest absolute Gasteiger partial charge is 0.299 e. The van der Waals surface area contributed by atoms with E-state index in [9.17, 15) is 13.2 Å². The third kappa shape index (κ3) is 13.1. The summed E-state index contributed by atoms with van der Waals surface area (Å²) in [5, 5.41) is 0. The highest BCUT2D eigenvalue weighted by molar-refractivity contribution is 7.94. The van der Waals surface area contributed by atoms with Crippen LogP contribution in [-0.2, 0) is 14.6 Å². The van der Waals surface area contributed by atoms with E-state index in [1.807, 2.05) is 41.5 Å². The van der Waals surface area contributed by atoms with Gasteiger partial charge in [0, 0.05) is 15.7 Å². The standard InChI is InChI=1S/C9H18O.C9H18S.C8H18O2S/c2*1-8(2,3)7(10)9(4,5)6;1-7(2,3)11(9,10)8(4,5)6/h2*1-6H3;1-6H3. The zero-order chi connectivity index (χ0) is 26.7. The van der Waals surface area contributed by atoms with Gasteiger partial charge in [-0.15, -0.1) is 0 Å². The first-order valence-electron chi connectivity index (χ1n) is 11.1. The van der Waals surface area contributed by atoms with Crippen LogP contribution in [-0.4, -0.2) is 28.6 Å². The Balaban J connectivity index is -0.000000380. The van der Waals surface area contributed by atoms with Crippen LogP contribution in [0.15, 0.2) is 0 Å². The lowest BCUT2D eigenvalue weighted by atomic mass is 9.76. The molecule has 0 aliphatic rings. The number of rotatable bonds is 0. The molecule has 0 amide bonds. The van der Waals surface area contributed by atoms with E-state index < -0.39 is 19.3 Å². The van der Waals surface area contributed by atoms with E-state index in [0.29, 0.717) is 5.78 Å². The van der Waals surface area contributed by atoms with Crippen LogP contribution in [0.5, 0.6) is 0 Å². The van der Waals surface area contributed by atoms with E-state index in [0.717, 1.165) is 4.86 Å². The Kier molecular flexibility index (Phi) is 12.3. The fraction of sp³-hybridized carbons (Fsp3) is 0.923. The molecular weight excluding hydrogens is 424 g/mol. The quantitative estimate of drug-likeness (QED) is 0.330. The number of carbonyl (C=O) groups is 1. The third-order valence-corrected chi connectivity index (χ3v) is 8.79. The second kappa shape index (κ2) is 10.8. The van der Waals surface area contributed by atoms with Gasteiger partial charge in [-0.2, -0.15) is 0 Å². The number of hydrogen-bond donors (Lipinski definition) is 0. The van der Waals surface area contributed by atoms with Crippen molar-refractivity contribution in [2.75, 3.05) is 0 Å². The van der Waals surface area contributed by atoms with Crippen LogP contribution < -0.4 is 0 Å². The van der Waals surface area contributed by atoms with Gasteiger partial charge in [0.25, 0.3) is 0 Å². The van der Waals surface area contributed by atoms with Crippen LogP contribution in [0.1, 0.15) is 125 Å². The average Bonchev–Trinajstić information content (AvgIpc) is 2.40. The lowest BCUT2D eigenvalue weighted by Crippen LogP contribution is -2.41. The summed E-state index contributed by atoms with van der Waals surface area (Å²) < 4.78 is 22.1. The number of sulfone groups is 1. The number of thiocarbonyl (C=S) groups is 1. The van der Waals surface area contributed by atoms with Crippen molar-refractivity contribution in [3.8, 4) is 0 Å². The first-order chi connectivity index (χ1) is 12.8. The number of Topliss-reactive ketones (excluding diaryl/α,β-unsaturated/α-hetero) is 1. The van der Waals surface area contributed by atoms with E-state index >= 15 is 0 Å². The SMILES string of the molecule is CC(C)(C)C(=O)C(C)(C)C.CC(C)(C)C(=S)C(C)(C)C.CC(C)(C)S(=O)(=O)C(C)(C)C. The van der Waals surface area contributed by atoms with Crippen molar-refractivity contribution in [1.29, 1.82) is 0 Å². The van der Waals surface area contributed by atoms with Crippen LogP contribution in [0.3, 0.4) is 0 Å². The number of ketones is 1. The molecule has 0 saturated carbocycles. The molecule has 0 spiro atoms. The summed E-state index contributed by atoms with van der Waals surface area (Å²) in [5.74, 6) is 0.319. The van der Waals surface area contributed by atoms with Crippen molar-refractivity contribution in [1.82, 2.24) is 0 Å². The van der Waals surface area contributed by atoms with Crippen molar-refractivity contribution in [3.63, 3.8) is 0 Å². The fourth-order valence-electron chi connectivity index (χ4n) is 3.17. The summed E-state index contributed by atoms with van der Waals surface area (Å²) in [5.41, 5.74) is -0.0440. The Bertz CT molecular complexity index is 599. The molecule has 0 heterocycles. The Labute approximate surface area is 201 Å². The van der Waals surface area contributed by atoms with E-state index in [-0.39, 0.29) is 21.7 Å². The third-order valence-electron chi connectivity index (χ3n) is 4.34. The predicted octanol–water partition coefficient (Wildman–Crippen LogP) is 8.09. The molecule has 0 aromatic rings. The molecule has 0 aromatic heterocycles. The van der Waals surface area contributed by atoms with E-state index in [1.54, 1.807) is 41.5 Å². The molecule has 0 aliphatic heterocycles. The lowest BCUT2D eigenvalue weighted by molar-refractivity contribution is -0.134. The zero-order valence-corrected chi connectivity index (χ0v) is 25.7. The molecule has 0 radical (unpaired) electrons. The average molecular weight is 479 g/mol. The monoisotopic (exact) mass is 478 g/mol. The van der Waals surface area contributed by atoms with E-state index in [2.05, 4.69) is 41.5 Å². The highest BCUT2D eigenvalue weighted by Crippen LogP contribution is 2.30. The van der Waals surface area contributed by atoms with Crippen molar-refractivity contribution in [2.24, 2.45) is 21.7 Å². The first kappa shape index (κ1) is 35.3. The van der Waals surface area contributed by atoms with Crippen LogP contribution in [0, 0.1) is 21.7 Å². The van der Waals surface area contributed by atoms with Crippen molar-refractivity contribution >= 4 is 32.7 Å². The van der Waals surface area contributed by atoms with Crippen molar-refractivity contribution in [2.45, 2.75) is 134 Å². The summed E-state index contributed by atoms with van der Waals surface area (Å²) in [7, 11) is -3.01. The van der Waals surface area contributed by atoms with Crippen LogP contribution in [0.2, 0.25) is 0 Å². The maximum atomic E-state index is 11.7. The second-order valence-corrected chi connectivity index (χ2v) is 18.3. The summed E-state index contributed by atoms with van der Waals surface area (Å²) in [4.78, 5) is 12.6. The summed E-state index contributed by atoms with van der Waals surface area (Å²) in [6, 6.07) is 0. The minimum absolute atomic E-state index is 0.174. The van der Waals surface area contributed by atoms with Crippen molar-refractivity contribution < 1.29 is 13.2 Å². The lowest BCUT2D eigenvalue weighted by Gasteiger charge is -2.30. The molecule has 0 bridgehead atoms. The molecule has 3 nitrogen and oxygen atoms in total. The molecular formula is C26H54O3S2. The van der Waals surface area contributed by atoms with Crippen LogP contribution in [0.4, 0.5) is 0 Å². The molecule has 0 N–H and O–H groups in total. The smallest absolute Gasteiger partial charge is 0.160 e. The van der Waals surface area contributed by atoms with Gasteiger partial charge in [0.15, 0.2) is 9.84 Å². The van der Waals surface area contributed by atoms with Gasteiger partial charge in [-0.25, -0.2) is 8.42 Å². The maximum Gasteiger partial charge on any atom is 0.160 e. The van der Waals surface area contributed by atoms with Crippen LogP contribution >= 0.6 is 12.2 Å². The van der Waals surface area contributed by atoms with Gasteiger partial charge >= 0.3 is 0 Å². The molecule has 0 unspecified atom stereocenters. The minimum atomic E-state index is -3.01. The van der Waals surface area contributed by atoms with Gasteiger partial charge < -0.3 is 0 Å². The van der Waals surface area contributed by atoms with E-state index in [4.69, 9.17) is 12.2 Å². The Hall–Kier alpha value is -0.290. The normalized spacial score (nSPS) is 14.0. The van der Waals surface area contributed by atoms with Crippen molar-refractivity contribution in [3.05, 3.63) is 0 Å². The Morgan fingerprint density at radius 3 is 0.677 bits per heavy atom. The highest BCUT2D eigenvalue weighted by atomic mass is 32.2. The molecule has 0 aromatic carbocycles. The summed E-state index contributed by atoms with van der Waals surface area (Å²) in [6.45, 7) is 35.1. The highest BCUT2D eigenvalue weighted by Gasteiger charge is 2.39. The van der Waals surface area contributed by atoms with Gasteiger partial charge in [0.05, 0.1) is 9.49 Å². The second-order valence-electron chi connectivity index (χ2n) is 14.4.